The number of nitro groups is 1. The summed E-state index contributed by atoms with van der Waals surface area (Å²) in [6.07, 6.45) is 0. The third-order valence-electron chi connectivity index (χ3n) is 2.85. The van der Waals surface area contributed by atoms with Gasteiger partial charge in [0.1, 0.15) is 5.76 Å². The van der Waals surface area contributed by atoms with E-state index in [9.17, 15) is 10.1 Å². The molecule has 2 aromatic heterocycles. The number of hydrogen-bond donors (Lipinski definition) is 1. The first-order valence-electron chi connectivity index (χ1n) is 5.46. The molecule has 0 aliphatic carbocycles. The quantitative estimate of drug-likeness (QED) is 0.574. The monoisotopic (exact) mass is 311 g/mol. The molecule has 0 amide bonds. The van der Waals surface area contributed by atoms with Crippen LogP contribution in [0.3, 0.4) is 0 Å². The minimum atomic E-state index is -0.454. The molecule has 1 aromatic carbocycles. The lowest BCUT2D eigenvalue weighted by molar-refractivity contribution is -0.383. The zero-order valence-electron chi connectivity index (χ0n) is 10.3. The number of hydrogen-bond acceptors (Lipinski definition) is 6. The van der Waals surface area contributed by atoms with Crippen LogP contribution in [0.1, 0.15) is 5.76 Å². The lowest BCUT2D eigenvalue weighted by Crippen LogP contribution is -1.87. The Morgan fingerprint density at radius 1 is 1.45 bits per heavy atom. The van der Waals surface area contributed by atoms with Gasteiger partial charge in [0.05, 0.1) is 16.2 Å². The molecule has 0 radical (unpaired) electrons. The zero-order valence-corrected chi connectivity index (χ0v) is 12.0. The summed E-state index contributed by atoms with van der Waals surface area (Å²) in [7, 11) is 0. The molecule has 2 N–H and O–H groups in total. The van der Waals surface area contributed by atoms with Crippen LogP contribution in [-0.4, -0.2) is 9.91 Å². The first-order chi connectivity index (χ1) is 9.08. The number of thiazole rings is 1. The minimum absolute atomic E-state index is 0. The van der Waals surface area contributed by atoms with Crippen LogP contribution in [0.2, 0.25) is 0 Å². The molecule has 0 saturated heterocycles. The average Bonchev–Trinajstić information content (AvgIpc) is 2.90. The maximum Gasteiger partial charge on any atom is 0.312 e. The molecule has 0 aliphatic heterocycles. The van der Waals surface area contributed by atoms with Crippen molar-refractivity contribution in [1.29, 1.82) is 0 Å². The van der Waals surface area contributed by atoms with Crippen molar-refractivity contribution in [3.05, 3.63) is 39.5 Å². The molecule has 0 aliphatic rings. The van der Waals surface area contributed by atoms with Gasteiger partial charge in [-0.05, 0) is 13.0 Å². The lowest BCUT2D eigenvalue weighted by atomic mass is 10.1. The van der Waals surface area contributed by atoms with E-state index in [-0.39, 0.29) is 23.7 Å². The minimum Gasteiger partial charge on any atom is -0.453 e. The van der Waals surface area contributed by atoms with Crippen LogP contribution in [0.4, 0.5) is 10.8 Å². The van der Waals surface area contributed by atoms with E-state index >= 15 is 0 Å². The van der Waals surface area contributed by atoms with Crippen LogP contribution in [0.25, 0.3) is 22.2 Å². The number of nitrogens with zero attached hydrogens (tertiary/aromatic N) is 2. The van der Waals surface area contributed by atoms with Gasteiger partial charge in [-0.25, -0.2) is 4.98 Å². The van der Waals surface area contributed by atoms with Crippen molar-refractivity contribution in [3.8, 4) is 11.3 Å². The summed E-state index contributed by atoms with van der Waals surface area (Å²) < 4.78 is 5.54. The number of anilines is 1. The summed E-state index contributed by atoms with van der Waals surface area (Å²) in [5.74, 6) is 0.592. The maximum atomic E-state index is 11.0. The van der Waals surface area contributed by atoms with Gasteiger partial charge in [-0.15, -0.1) is 23.7 Å². The van der Waals surface area contributed by atoms with Crippen molar-refractivity contribution in [1.82, 2.24) is 4.98 Å². The molecule has 0 atom stereocenters. The van der Waals surface area contributed by atoms with E-state index in [0.717, 1.165) is 5.56 Å². The first-order valence-corrected chi connectivity index (χ1v) is 6.34. The second kappa shape index (κ2) is 5.10. The molecule has 0 unspecified atom stereocenters. The Morgan fingerprint density at radius 3 is 2.80 bits per heavy atom. The highest BCUT2D eigenvalue weighted by atomic mass is 35.5. The van der Waals surface area contributed by atoms with E-state index in [2.05, 4.69) is 4.98 Å². The second-order valence-electron chi connectivity index (χ2n) is 4.02. The summed E-state index contributed by atoms with van der Waals surface area (Å²) in [6.45, 7) is 1.76. The van der Waals surface area contributed by atoms with E-state index in [4.69, 9.17) is 10.2 Å². The van der Waals surface area contributed by atoms with E-state index in [1.54, 1.807) is 19.1 Å². The van der Waals surface area contributed by atoms with Crippen molar-refractivity contribution in [2.75, 3.05) is 5.73 Å². The molecule has 20 heavy (non-hydrogen) atoms. The predicted molar refractivity (Wildman–Crippen MR) is 80.4 cm³/mol. The number of furan rings is 1. The van der Waals surface area contributed by atoms with Gasteiger partial charge in [0, 0.05) is 16.8 Å². The van der Waals surface area contributed by atoms with Gasteiger partial charge in [0.15, 0.2) is 5.13 Å². The molecule has 0 bridgehead atoms. The third-order valence-corrected chi connectivity index (χ3v) is 3.52. The number of non-ortho nitro benzene ring substituents is 1. The number of benzene rings is 1. The molecule has 3 rings (SSSR count). The summed E-state index contributed by atoms with van der Waals surface area (Å²) in [5, 5.41) is 13.9. The van der Waals surface area contributed by atoms with Crippen LogP contribution in [0.15, 0.2) is 28.0 Å². The van der Waals surface area contributed by atoms with Gasteiger partial charge >= 0.3 is 5.69 Å². The number of halogens is 1. The van der Waals surface area contributed by atoms with E-state index < -0.39 is 4.92 Å². The van der Waals surface area contributed by atoms with Gasteiger partial charge in [0.25, 0.3) is 0 Å². The van der Waals surface area contributed by atoms with E-state index in [1.807, 2.05) is 5.38 Å². The van der Waals surface area contributed by atoms with E-state index in [0.29, 0.717) is 22.0 Å². The SMILES string of the molecule is Cc1oc2c([N+](=O)[O-])cccc2c1-c1csc(N)n1.Cl. The predicted octanol–water partition coefficient (Wildman–Crippen LogP) is 3.78. The molecule has 104 valence electrons. The Balaban J connectivity index is 0.00000147. The Bertz CT molecular complexity index is 796. The molecule has 2 heterocycles. The smallest absolute Gasteiger partial charge is 0.312 e. The zero-order chi connectivity index (χ0) is 13.6. The largest absolute Gasteiger partial charge is 0.453 e. The normalized spacial score (nSPS) is 10.4. The highest BCUT2D eigenvalue weighted by molar-refractivity contribution is 7.13. The number of para-hydroxylation sites is 1. The Hall–Kier alpha value is -2.12. The van der Waals surface area contributed by atoms with Gasteiger partial charge < -0.3 is 10.2 Å². The fourth-order valence-electron chi connectivity index (χ4n) is 2.09. The van der Waals surface area contributed by atoms with Crippen molar-refractivity contribution < 1.29 is 9.34 Å². The number of aryl methyl sites for hydroxylation is 1. The van der Waals surface area contributed by atoms with Crippen molar-refractivity contribution >= 4 is 45.5 Å². The van der Waals surface area contributed by atoms with Crippen LogP contribution >= 0.6 is 23.7 Å². The van der Waals surface area contributed by atoms with Gasteiger partial charge in [-0.3, -0.25) is 10.1 Å². The van der Waals surface area contributed by atoms with E-state index in [1.165, 1.54) is 17.4 Å². The van der Waals surface area contributed by atoms with Crippen molar-refractivity contribution in [2.24, 2.45) is 0 Å². The highest BCUT2D eigenvalue weighted by Crippen LogP contribution is 2.38. The van der Waals surface area contributed by atoms with Crippen LogP contribution in [-0.2, 0) is 0 Å². The summed E-state index contributed by atoms with van der Waals surface area (Å²) in [4.78, 5) is 14.7. The molecular weight excluding hydrogens is 302 g/mol. The molecular formula is C12H10ClN3O3S. The van der Waals surface area contributed by atoms with Crippen LogP contribution in [0, 0.1) is 17.0 Å². The lowest BCUT2D eigenvalue weighted by Gasteiger charge is -1.94. The van der Waals surface area contributed by atoms with Gasteiger partial charge in [-0.1, -0.05) is 6.07 Å². The summed E-state index contributed by atoms with van der Waals surface area (Å²) in [6, 6.07) is 4.84. The van der Waals surface area contributed by atoms with Crippen molar-refractivity contribution in [3.63, 3.8) is 0 Å². The highest BCUT2D eigenvalue weighted by Gasteiger charge is 2.21. The van der Waals surface area contributed by atoms with Gasteiger partial charge in [-0.2, -0.15) is 0 Å². The van der Waals surface area contributed by atoms with Crippen LogP contribution < -0.4 is 5.73 Å². The third kappa shape index (κ3) is 2.10. The first kappa shape index (κ1) is 14.3. The molecule has 0 saturated carbocycles. The number of nitrogen functional groups attached to an aromatic ring is 1. The fourth-order valence-corrected chi connectivity index (χ4v) is 2.64. The number of fused-ring (bicyclic) bond motifs is 1. The number of rotatable bonds is 2. The number of nitro benzene ring substituents is 1. The molecule has 0 fully saturated rings. The Kier molecular flexibility index (Phi) is 3.65. The standard InChI is InChI=1S/C12H9N3O3S.ClH/c1-6-10(8-5-19-12(13)14-8)7-3-2-4-9(15(16)17)11(7)18-6;/h2-5H,1H3,(H2,13,14);1H. The Labute approximate surface area is 123 Å². The van der Waals surface area contributed by atoms with Crippen molar-refractivity contribution in [2.45, 2.75) is 6.92 Å². The summed E-state index contributed by atoms with van der Waals surface area (Å²) >= 11 is 1.32. The number of nitrogens with two attached hydrogens (primary N) is 1. The number of aromatic nitrogens is 1. The average molecular weight is 312 g/mol. The Morgan fingerprint density at radius 2 is 2.20 bits per heavy atom. The molecule has 6 nitrogen and oxygen atoms in total. The second-order valence-corrected chi connectivity index (χ2v) is 4.90. The maximum absolute atomic E-state index is 11.0. The molecule has 3 aromatic rings. The molecule has 8 heteroatoms. The van der Waals surface area contributed by atoms with Gasteiger partial charge in [0.2, 0.25) is 5.58 Å². The molecule has 0 spiro atoms. The summed E-state index contributed by atoms with van der Waals surface area (Å²) in [5.41, 5.74) is 7.29. The van der Waals surface area contributed by atoms with Crippen LogP contribution in [0.5, 0.6) is 0 Å². The fraction of sp³-hybridized carbons (Fsp3) is 0.0833. The topological polar surface area (TPSA) is 95.2 Å².